The third-order valence-electron chi connectivity index (χ3n) is 14.3. The molecule has 71 heavy (non-hydrogen) atoms. The van der Waals surface area contributed by atoms with E-state index in [1.54, 1.807) is 0 Å². The van der Waals surface area contributed by atoms with Crippen molar-refractivity contribution in [3.05, 3.63) is 237 Å². The largest absolute Gasteiger partial charge is 0.309 e. The summed E-state index contributed by atoms with van der Waals surface area (Å²) >= 11 is 1.86. The van der Waals surface area contributed by atoms with Gasteiger partial charge in [-0.05, 0) is 105 Å². The summed E-state index contributed by atoms with van der Waals surface area (Å²) < 4.78 is 7.31. The number of rotatable bonds is 6. The molecule has 0 N–H and O–H groups in total. The van der Waals surface area contributed by atoms with Crippen LogP contribution in [-0.2, 0) is 0 Å². The number of thiophene rings is 1. The summed E-state index contributed by atoms with van der Waals surface area (Å²) in [5, 5.41) is 12.1. The van der Waals surface area contributed by atoms with Crippen LogP contribution < -0.4 is 0 Å². The lowest BCUT2D eigenvalue weighted by Gasteiger charge is -2.17. The molecule has 0 aliphatic heterocycles. The van der Waals surface area contributed by atoms with E-state index in [-0.39, 0.29) is 0 Å². The molecular formula is C65H39N5S. The van der Waals surface area contributed by atoms with Crippen LogP contribution in [-0.4, -0.2) is 24.1 Å². The average Bonchev–Trinajstić information content (AvgIpc) is 4.11. The summed E-state index contributed by atoms with van der Waals surface area (Å²) in [5.74, 6) is 1.82. The van der Waals surface area contributed by atoms with E-state index in [0.717, 1.165) is 66.6 Å². The van der Waals surface area contributed by atoms with Gasteiger partial charge in [0.15, 0.2) is 17.5 Å². The number of benzene rings is 11. The molecule has 0 aliphatic carbocycles. The molecule has 5 nitrogen and oxygen atoms in total. The second-order valence-corrected chi connectivity index (χ2v) is 19.4. The fourth-order valence-electron chi connectivity index (χ4n) is 11.2. The van der Waals surface area contributed by atoms with Crippen LogP contribution in [0.2, 0.25) is 0 Å². The van der Waals surface area contributed by atoms with Crippen LogP contribution in [0.15, 0.2) is 237 Å². The smallest absolute Gasteiger partial charge is 0.166 e. The summed E-state index contributed by atoms with van der Waals surface area (Å²) in [4.78, 5) is 16.5. The van der Waals surface area contributed by atoms with Gasteiger partial charge >= 0.3 is 0 Å². The van der Waals surface area contributed by atoms with Crippen LogP contribution in [0.3, 0.4) is 0 Å². The predicted molar refractivity (Wildman–Crippen MR) is 298 cm³/mol. The summed E-state index contributed by atoms with van der Waals surface area (Å²) in [6.45, 7) is 0. The Balaban J connectivity index is 1.06. The maximum Gasteiger partial charge on any atom is 0.166 e. The lowest BCUT2D eigenvalue weighted by Crippen LogP contribution is -2.03. The van der Waals surface area contributed by atoms with Gasteiger partial charge in [0.1, 0.15) is 0 Å². The highest BCUT2D eigenvalue weighted by Gasteiger charge is 2.24. The second kappa shape index (κ2) is 15.7. The van der Waals surface area contributed by atoms with Gasteiger partial charge in [0, 0.05) is 69.8 Å². The monoisotopic (exact) mass is 921 g/mol. The Bertz CT molecular complexity index is 4640. The number of nitrogens with zero attached hydrogens (tertiary/aromatic N) is 5. The summed E-state index contributed by atoms with van der Waals surface area (Å²) in [5.41, 5.74) is 11.5. The molecule has 0 spiro atoms. The number of para-hydroxylation sites is 4. The minimum absolute atomic E-state index is 0.601. The van der Waals surface area contributed by atoms with E-state index in [1.165, 1.54) is 57.9 Å². The molecule has 0 saturated heterocycles. The molecule has 0 aliphatic rings. The normalized spacial score (nSPS) is 11.9. The van der Waals surface area contributed by atoms with Crippen LogP contribution in [0, 0.1) is 0 Å². The molecule has 4 aromatic heterocycles. The molecule has 0 radical (unpaired) electrons. The highest BCUT2D eigenvalue weighted by molar-refractivity contribution is 7.26. The van der Waals surface area contributed by atoms with Crippen molar-refractivity contribution in [2.24, 2.45) is 0 Å². The van der Waals surface area contributed by atoms with Gasteiger partial charge in [0.25, 0.3) is 0 Å². The Kier molecular flexibility index (Phi) is 8.76. The van der Waals surface area contributed by atoms with Gasteiger partial charge in [-0.2, -0.15) is 0 Å². The topological polar surface area (TPSA) is 48.5 Å². The Hall–Kier alpha value is -9.23. The molecule has 0 atom stereocenters. The highest BCUT2D eigenvalue weighted by atomic mass is 32.1. The van der Waals surface area contributed by atoms with Crippen molar-refractivity contribution in [1.82, 2.24) is 24.1 Å². The number of hydrogen-bond donors (Lipinski definition) is 0. The van der Waals surface area contributed by atoms with Crippen molar-refractivity contribution in [3.8, 4) is 56.7 Å². The maximum atomic E-state index is 5.62. The molecule has 0 bridgehead atoms. The quantitative estimate of drug-likeness (QED) is 0.167. The summed E-state index contributed by atoms with van der Waals surface area (Å²) in [6.07, 6.45) is 0. The van der Waals surface area contributed by atoms with Crippen molar-refractivity contribution in [2.75, 3.05) is 0 Å². The SMILES string of the molecule is c1ccc(-c2nc(-c3ccc(-n4c5ccccc5c5cc6ccccc6cc54)cc3-c3cc4ccccc4c4sc5ccccc5c34)nc(-c3cccc4c5ccccc5n(-c5ccccc5)c34)n2)cc1. The van der Waals surface area contributed by atoms with Crippen LogP contribution >= 0.6 is 11.3 Å². The maximum absolute atomic E-state index is 5.62. The average molecular weight is 922 g/mol. The van der Waals surface area contributed by atoms with Crippen molar-refractivity contribution >= 4 is 96.7 Å². The summed E-state index contributed by atoms with van der Waals surface area (Å²) in [6, 6.07) is 85.1. The Labute approximate surface area is 411 Å². The standard InChI is InChI=1S/C65H39N5S/c1-3-18-40(19-4-1)63-66-64(68-65(67-63)52-30-17-29-49-47-26-11-15-32-57(47)70(61(49)52)44-23-5-2-6-24-44)50-35-34-45(69-56-31-14-12-27-48(56)54-36-41-20-7-8-21-42(41)38-58(54)69)39-53(50)55-37-43-22-9-10-25-46(43)62-60(55)51-28-13-16-33-59(51)71-62/h1-39H. The first-order chi connectivity index (χ1) is 35.2. The van der Waals surface area contributed by atoms with E-state index < -0.39 is 0 Å². The molecule has 0 unspecified atom stereocenters. The van der Waals surface area contributed by atoms with Gasteiger partial charge in [-0.25, -0.2) is 15.0 Å². The zero-order valence-electron chi connectivity index (χ0n) is 38.2. The molecule has 0 saturated carbocycles. The lowest BCUT2D eigenvalue weighted by molar-refractivity contribution is 1.07. The van der Waals surface area contributed by atoms with Crippen molar-refractivity contribution in [1.29, 1.82) is 0 Å². The van der Waals surface area contributed by atoms with Gasteiger partial charge in [-0.1, -0.05) is 164 Å². The molecule has 0 amide bonds. The van der Waals surface area contributed by atoms with Gasteiger partial charge in [0.05, 0.1) is 22.1 Å². The second-order valence-electron chi connectivity index (χ2n) is 18.3. The number of aromatic nitrogens is 5. The fraction of sp³-hybridized carbons (Fsp3) is 0. The minimum Gasteiger partial charge on any atom is -0.309 e. The first-order valence-corrected chi connectivity index (χ1v) is 24.8. The fourth-order valence-corrected chi connectivity index (χ4v) is 12.4. The summed E-state index contributed by atoms with van der Waals surface area (Å²) in [7, 11) is 0. The minimum atomic E-state index is 0.601. The van der Waals surface area contributed by atoms with Gasteiger partial charge < -0.3 is 9.13 Å². The predicted octanol–water partition coefficient (Wildman–Crippen LogP) is 17.4. The van der Waals surface area contributed by atoms with Crippen molar-refractivity contribution in [3.63, 3.8) is 0 Å². The first kappa shape index (κ1) is 39.7. The molecule has 15 aromatic rings. The number of fused-ring (bicyclic) bond motifs is 12. The van der Waals surface area contributed by atoms with Crippen LogP contribution in [0.1, 0.15) is 0 Å². The van der Waals surface area contributed by atoms with E-state index >= 15 is 0 Å². The molecular weight excluding hydrogens is 883 g/mol. The van der Waals surface area contributed by atoms with E-state index in [1.807, 2.05) is 17.4 Å². The van der Waals surface area contributed by atoms with Gasteiger partial charge in [0.2, 0.25) is 0 Å². The molecule has 6 heteroatoms. The van der Waals surface area contributed by atoms with E-state index in [9.17, 15) is 0 Å². The molecule has 11 aromatic carbocycles. The van der Waals surface area contributed by atoms with Crippen molar-refractivity contribution in [2.45, 2.75) is 0 Å². The third kappa shape index (κ3) is 6.15. The Morgan fingerprint density at radius 2 is 0.901 bits per heavy atom. The number of hydrogen-bond acceptors (Lipinski definition) is 4. The first-order valence-electron chi connectivity index (χ1n) is 24.0. The van der Waals surface area contributed by atoms with E-state index in [2.05, 4.69) is 240 Å². The molecule has 4 heterocycles. The molecule has 15 rings (SSSR count). The third-order valence-corrected chi connectivity index (χ3v) is 15.5. The lowest BCUT2D eigenvalue weighted by atomic mass is 9.91. The zero-order valence-corrected chi connectivity index (χ0v) is 39.0. The van der Waals surface area contributed by atoms with Crippen molar-refractivity contribution < 1.29 is 0 Å². The van der Waals surface area contributed by atoms with E-state index in [0.29, 0.717) is 17.5 Å². The van der Waals surface area contributed by atoms with Crippen LogP contribution in [0.25, 0.3) is 142 Å². The Morgan fingerprint density at radius 3 is 1.69 bits per heavy atom. The zero-order chi connectivity index (χ0) is 46.6. The van der Waals surface area contributed by atoms with Crippen LogP contribution in [0.4, 0.5) is 0 Å². The highest BCUT2D eigenvalue weighted by Crippen LogP contribution is 2.48. The van der Waals surface area contributed by atoms with Crippen LogP contribution in [0.5, 0.6) is 0 Å². The molecule has 0 fully saturated rings. The van der Waals surface area contributed by atoms with Gasteiger partial charge in [-0.15, -0.1) is 11.3 Å². The van der Waals surface area contributed by atoms with E-state index in [4.69, 9.17) is 15.0 Å². The molecule has 330 valence electrons. The Morgan fingerprint density at radius 1 is 0.310 bits per heavy atom. The van der Waals surface area contributed by atoms with Gasteiger partial charge in [-0.3, -0.25) is 0 Å².